The summed E-state index contributed by atoms with van der Waals surface area (Å²) in [5.41, 5.74) is 1.77. The standard InChI is InChI=1S/C20H16ClF2N3O4S/c1-11-14(12-5-6-24-18(7-12)26-20(27)30-2)9-25-19(21)15(11)10-31(28,29)17-4-3-13(22)8-16(17)23/h3-9H,10H2,1-2H3,(H,24,26,27). The molecule has 1 amide bonds. The molecule has 0 saturated heterocycles. The van der Waals surface area contributed by atoms with Crippen LogP contribution in [-0.2, 0) is 20.3 Å². The van der Waals surface area contributed by atoms with E-state index in [0.717, 1.165) is 12.1 Å². The van der Waals surface area contributed by atoms with Gasteiger partial charge >= 0.3 is 6.09 Å². The van der Waals surface area contributed by atoms with E-state index in [-0.39, 0.29) is 16.5 Å². The number of rotatable bonds is 5. The van der Waals surface area contributed by atoms with E-state index in [1.807, 2.05) is 0 Å². The van der Waals surface area contributed by atoms with Gasteiger partial charge in [-0.05, 0) is 42.3 Å². The summed E-state index contributed by atoms with van der Waals surface area (Å²) in [5, 5.41) is 2.37. The predicted octanol–water partition coefficient (Wildman–Crippen LogP) is 4.54. The first kappa shape index (κ1) is 22.6. The highest BCUT2D eigenvalue weighted by Gasteiger charge is 2.24. The van der Waals surface area contributed by atoms with E-state index in [4.69, 9.17) is 11.6 Å². The fraction of sp³-hybridized carbons (Fsp3) is 0.150. The minimum absolute atomic E-state index is 0.0608. The lowest BCUT2D eigenvalue weighted by molar-refractivity contribution is 0.187. The highest BCUT2D eigenvalue weighted by Crippen LogP contribution is 2.32. The number of halogens is 3. The smallest absolute Gasteiger partial charge is 0.412 e. The molecule has 162 valence electrons. The lowest BCUT2D eigenvalue weighted by Crippen LogP contribution is -2.12. The molecular formula is C20H16ClF2N3O4S. The summed E-state index contributed by atoms with van der Waals surface area (Å²) >= 11 is 6.15. The Balaban J connectivity index is 2.02. The first-order chi connectivity index (χ1) is 14.6. The second-order valence-electron chi connectivity index (χ2n) is 6.45. The first-order valence-electron chi connectivity index (χ1n) is 8.75. The number of pyridine rings is 2. The normalized spacial score (nSPS) is 11.3. The number of nitrogens with zero attached hydrogens (tertiary/aromatic N) is 2. The molecular weight excluding hydrogens is 452 g/mol. The lowest BCUT2D eigenvalue weighted by atomic mass is 10.0. The zero-order valence-corrected chi connectivity index (χ0v) is 17.9. The van der Waals surface area contributed by atoms with E-state index in [2.05, 4.69) is 20.0 Å². The lowest BCUT2D eigenvalue weighted by Gasteiger charge is -2.14. The van der Waals surface area contributed by atoms with Gasteiger partial charge in [0.25, 0.3) is 0 Å². The summed E-state index contributed by atoms with van der Waals surface area (Å²) < 4.78 is 57.3. The van der Waals surface area contributed by atoms with E-state index in [0.29, 0.717) is 22.8 Å². The third-order valence-electron chi connectivity index (χ3n) is 4.46. The molecule has 0 unspecified atom stereocenters. The molecule has 3 rings (SSSR count). The van der Waals surface area contributed by atoms with Crippen molar-refractivity contribution in [3.63, 3.8) is 0 Å². The van der Waals surface area contributed by atoms with Gasteiger partial charge in [0.05, 0.1) is 12.9 Å². The number of hydrogen-bond acceptors (Lipinski definition) is 6. The Labute approximate surface area is 182 Å². The topological polar surface area (TPSA) is 98.2 Å². The molecule has 0 bridgehead atoms. The van der Waals surface area contributed by atoms with Crippen molar-refractivity contribution in [2.24, 2.45) is 0 Å². The number of nitrogens with one attached hydrogen (secondary N) is 1. The number of benzene rings is 1. The molecule has 3 aromatic rings. The summed E-state index contributed by atoms with van der Waals surface area (Å²) in [7, 11) is -2.97. The van der Waals surface area contributed by atoms with E-state index in [9.17, 15) is 22.0 Å². The maximum absolute atomic E-state index is 14.1. The van der Waals surface area contributed by atoms with Crippen LogP contribution in [0.25, 0.3) is 11.1 Å². The molecule has 0 aliphatic heterocycles. The van der Waals surface area contributed by atoms with Crippen LogP contribution in [-0.4, -0.2) is 31.6 Å². The van der Waals surface area contributed by atoms with Crippen molar-refractivity contribution in [1.29, 1.82) is 0 Å². The van der Waals surface area contributed by atoms with E-state index in [1.54, 1.807) is 19.1 Å². The molecule has 1 aromatic carbocycles. The van der Waals surface area contributed by atoms with Gasteiger partial charge in [-0.2, -0.15) is 0 Å². The van der Waals surface area contributed by atoms with Gasteiger partial charge in [-0.25, -0.2) is 32.0 Å². The van der Waals surface area contributed by atoms with Crippen LogP contribution in [0.5, 0.6) is 0 Å². The number of anilines is 1. The highest BCUT2D eigenvalue weighted by molar-refractivity contribution is 7.90. The predicted molar refractivity (Wildman–Crippen MR) is 110 cm³/mol. The Morgan fingerprint density at radius 3 is 2.61 bits per heavy atom. The van der Waals surface area contributed by atoms with Crippen molar-refractivity contribution in [3.8, 4) is 11.1 Å². The van der Waals surface area contributed by atoms with Gasteiger partial charge in [0.15, 0.2) is 9.84 Å². The minimum Gasteiger partial charge on any atom is -0.453 e. The summed E-state index contributed by atoms with van der Waals surface area (Å²) in [6.07, 6.45) is 2.19. The molecule has 0 radical (unpaired) electrons. The van der Waals surface area contributed by atoms with Crippen molar-refractivity contribution < 1.29 is 26.7 Å². The molecule has 0 aliphatic carbocycles. The number of amides is 1. The van der Waals surface area contributed by atoms with E-state index >= 15 is 0 Å². The van der Waals surface area contributed by atoms with Crippen LogP contribution < -0.4 is 5.32 Å². The van der Waals surface area contributed by atoms with Crippen molar-refractivity contribution in [1.82, 2.24) is 9.97 Å². The SMILES string of the molecule is COC(=O)Nc1cc(-c2cnc(Cl)c(CS(=O)(=O)c3ccc(F)cc3F)c2C)ccn1. The third-order valence-corrected chi connectivity index (χ3v) is 6.46. The van der Waals surface area contributed by atoms with Crippen LogP contribution in [0.15, 0.2) is 47.6 Å². The van der Waals surface area contributed by atoms with Crippen molar-refractivity contribution >= 4 is 33.3 Å². The van der Waals surface area contributed by atoms with Crippen molar-refractivity contribution in [2.45, 2.75) is 17.6 Å². The maximum atomic E-state index is 14.1. The maximum Gasteiger partial charge on any atom is 0.412 e. The van der Waals surface area contributed by atoms with Crippen LogP contribution in [0, 0.1) is 18.6 Å². The molecule has 2 aromatic heterocycles. The summed E-state index contributed by atoms with van der Waals surface area (Å²) in [6.45, 7) is 1.64. The van der Waals surface area contributed by atoms with Gasteiger partial charge in [-0.15, -0.1) is 0 Å². The molecule has 7 nitrogen and oxygen atoms in total. The Bertz CT molecular complexity index is 1270. The molecule has 0 fully saturated rings. The number of carbonyl (C=O) groups excluding carboxylic acids is 1. The van der Waals surface area contributed by atoms with E-state index < -0.39 is 38.2 Å². The largest absolute Gasteiger partial charge is 0.453 e. The molecule has 2 heterocycles. The van der Waals surface area contributed by atoms with Crippen molar-refractivity contribution in [2.75, 3.05) is 12.4 Å². The number of aromatic nitrogens is 2. The Morgan fingerprint density at radius 1 is 1.19 bits per heavy atom. The molecule has 0 aliphatic rings. The monoisotopic (exact) mass is 467 g/mol. The number of methoxy groups -OCH3 is 1. The van der Waals surface area contributed by atoms with Crippen LogP contribution in [0.4, 0.5) is 19.4 Å². The van der Waals surface area contributed by atoms with Gasteiger partial charge < -0.3 is 4.74 Å². The Morgan fingerprint density at radius 2 is 1.94 bits per heavy atom. The van der Waals surface area contributed by atoms with Gasteiger partial charge in [0.1, 0.15) is 27.5 Å². The Kier molecular flexibility index (Phi) is 6.51. The quantitative estimate of drug-likeness (QED) is 0.437. The molecule has 11 heteroatoms. The van der Waals surface area contributed by atoms with Crippen LogP contribution in [0.2, 0.25) is 5.15 Å². The summed E-state index contributed by atoms with van der Waals surface area (Å²) in [6, 6.07) is 5.42. The van der Waals surface area contributed by atoms with Gasteiger partial charge in [-0.3, -0.25) is 5.32 Å². The third kappa shape index (κ3) is 4.97. The second-order valence-corrected chi connectivity index (χ2v) is 8.76. The highest BCUT2D eigenvalue weighted by atomic mass is 35.5. The first-order valence-corrected chi connectivity index (χ1v) is 10.8. The summed E-state index contributed by atoms with van der Waals surface area (Å²) in [4.78, 5) is 18.8. The fourth-order valence-corrected chi connectivity index (χ4v) is 4.75. The van der Waals surface area contributed by atoms with Gasteiger partial charge in [-0.1, -0.05) is 11.6 Å². The van der Waals surface area contributed by atoms with Gasteiger partial charge in [0.2, 0.25) is 0 Å². The van der Waals surface area contributed by atoms with Gasteiger partial charge in [0, 0.05) is 29.6 Å². The summed E-state index contributed by atoms with van der Waals surface area (Å²) in [5.74, 6) is -2.51. The van der Waals surface area contributed by atoms with Crippen LogP contribution in [0.3, 0.4) is 0 Å². The number of carbonyl (C=O) groups is 1. The average molecular weight is 468 g/mol. The molecule has 0 atom stereocenters. The molecule has 0 saturated carbocycles. The number of sulfone groups is 1. The molecule has 0 spiro atoms. The second kappa shape index (κ2) is 8.94. The fourth-order valence-electron chi connectivity index (χ4n) is 2.89. The molecule has 31 heavy (non-hydrogen) atoms. The van der Waals surface area contributed by atoms with Crippen molar-refractivity contribution in [3.05, 3.63) is 70.6 Å². The van der Waals surface area contributed by atoms with Crippen LogP contribution >= 0.6 is 11.6 Å². The number of ether oxygens (including phenoxy) is 1. The Hall–Kier alpha value is -3.11. The number of hydrogen-bond donors (Lipinski definition) is 1. The zero-order valence-electron chi connectivity index (χ0n) is 16.3. The average Bonchev–Trinajstić information content (AvgIpc) is 2.71. The molecule has 1 N–H and O–H groups in total. The van der Waals surface area contributed by atoms with E-state index in [1.165, 1.54) is 19.5 Å². The zero-order chi connectivity index (χ0) is 22.8. The minimum atomic E-state index is -4.18. The van der Waals surface area contributed by atoms with Crippen LogP contribution in [0.1, 0.15) is 11.1 Å².